The van der Waals surface area contributed by atoms with Crippen molar-refractivity contribution in [3.63, 3.8) is 0 Å². The highest BCUT2D eigenvalue weighted by atomic mass is 35.5. The molecule has 5 nitrogen and oxygen atoms in total. The Bertz CT molecular complexity index is 777. The fraction of sp³-hybridized carbons (Fsp3) is 0.263. The summed E-state index contributed by atoms with van der Waals surface area (Å²) in [5.41, 5.74) is 2.36. The second kappa shape index (κ2) is 8.53. The molecule has 0 saturated carbocycles. The Labute approximate surface area is 152 Å². The molecular weight excluding hydrogens is 340 g/mol. The lowest BCUT2D eigenvalue weighted by Gasteiger charge is -2.23. The van der Waals surface area contributed by atoms with Crippen LogP contribution in [0.5, 0.6) is 5.75 Å². The maximum Gasteiger partial charge on any atom is 0.240 e. The van der Waals surface area contributed by atoms with Crippen molar-refractivity contribution in [1.82, 2.24) is 5.32 Å². The molecule has 2 amide bonds. The summed E-state index contributed by atoms with van der Waals surface area (Å²) in [6.45, 7) is 3.54. The number of ether oxygens (including phenoxy) is 1. The van der Waals surface area contributed by atoms with Gasteiger partial charge in [0.1, 0.15) is 12.3 Å². The minimum atomic E-state index is -0.279. The number of nitrogens with zero attached hydrogens (tertiary/aromatic N) is 1. The van der Waals surface area contributed by atoms with Crippen molar-refractivity contribution in [1.29, 1.82) is 0 Å². The highest BCUT2D eigenvalue weighted by Crippen LogP contribution is 2.29. The van der Waals surface area contributed by atoms with E-state index >= 15 is 0 Å². The Balaban J connectivity index is 2.11. The van der Waals surface area contributed by atoms with Crippen LogP contribution in [0.1, 0.15) is 18.1 Å². The molecule has 0 spiro atoms. The number of hydrogen-bond acceptors (Lipinski definition) is 3. The predicted octanol–water partition coefficient (Wildman–Crippen LogP) is 3.33. The molecule has 0 aliphatic carbocycles. The molecule has 132 valence electrons. The van der Waals surface area contributed by atoms with Gasteiger partial charge in [-0.3, -0.25) is 14.5 Å². The number of halogens is 1. The predicted molar refractivity (Wildman–Crippen MR) is 99.1 cm³/mol. The zero-order valence-corrected chi connectivity index (χ0v) is 15.3. The Morgan fingerprint density at radius 2 is 1.92 bits per heavy atom. The molecule has 6 heteroatoms. The largest absolute Gasteiger partial charge is 0.495 e. The van der Waals surface area contributed by atoms with Gasteiger partial charge < -0.3 is 10.1 Å². The van der Waals surface area contributed by atoms with Gasteiger partial charge in [0.05, 0.1) is 12.8 Å². The molecule has 0 atom stereocenters. The van der Waals surface area contributed by atoms with Crippen molar-refractivity contribution in [2.75, 3.05) is 18.6 Å². The van der Waals surface area contributed by atoms with E-state index in [0.29, 0.717) is 23.0 Å². The van der Waals surface area contributed by atoms with Crippen LogP contribution in [-0.4, -0.2) is 25.5 Å². The first-order chi connectivity index (χ1) is 11.9. The van der Waals surface area contributed by atoms with Gasteiger partial charge in [-0.25, -0.2) is 0 Å². The molecular formula is C19H21ClN2O3. The molecule has 0 unspecified atom stereocenters. The molecule has 25 heavy (non-hydrogen) atoms. The monoisotopic (exact) mass is 360 g/mol. The third-order valence-corrected chi connectivity index (χ3v) is 4.11. The zero-order chi connectivity index (χ0) is 18.4. The second-order valence-corrected chi connectivity index (χ2v) is 6.06. The fourth-order valence-corrected chi connectivity index (χ4v) is 2.61. The Kier molecular flexibility index (Phi) is 6.42. The molecule has 2 rings (SSSR count). The second-order valence-electron chi connectivity index (χ2n) is 5.65. The Morgan fingerprint density at radius 3 is 2.56 bits per heavy atom. The quantitative estimate of drug-likeness (QED) is 0.859. The number of carbonyl (C=O) groups is 2. The molecule has 0 saturated heterocycles. The number of amides is 2. The molecule has 2 aromatic rings. The number of hydrogen-bond donors (Lipinski definition) is 1. The molecule has 0 heterocycles. The van der Waals surface area contributed by atoms with Crippen molar-refractivity contribution < 1.29 is 14.3 Å². The lowest BCUT2D eigenvalue weighted by molar-refractivity contribution is -0.123. The number of rotatable bonds is 6. The first-order valence-corrected chi connectivity index (χ1v) is 8.23. The minimum absolute atomic E-state index is 0.0976. The molecule has 2 aromatic carbocycles. The van der Waals surface area contributed by atoms with Crippen LogP contribution in [0.2, 0.25) is 5.02 Å². The highest BCUT2D eigenvalue weighted by Gasteiger charge is 2.19. The van der Waals surface area contributed by atoms with Crippen LogP contribution in [0.4, 0.5) is 5.69 Å². The summed E-state index contributed by atoms with van der Waals surface area (Å²) >= 11 is 6.08. The lowest BCUT2D eigenvalue weighted by Crippen LogP contribution is -2.39. The van der Waals surface area contributed by atoms with Crippen molar-refractivity contribution in [3.8, 4) is 5.75 Å². The van der Waals surface area contributed by atoms with Crippen LogP contribution in [0.3, 0.4) is 0 Å². The number of carbonyl (C=O) groups excluding carboxylic acids is 2. The van der Waals surface area contributed by atoms with Crippen molar-refractivity contribution in [2.45, 2.75) is 20.4 Å². The molecule has 0 aromatic heterocycles. The van der Waals surface area contributed by atoms with Gasteiger partial charge in [0.2, 0.25) is 11.8 Å². The summed E-state index contributed by atoms with van der Waals surface area (Å²) in [5.74, 6) is 0.0233. The maximum atomic E-state index is 12.3. The third kappa shape index (κ3) is 4.97. The average Bonchev–Trinajstić information content (AvgIpc) is 2.58. The van der Waals surface area contributed by atoms with Gasteiger partial charge in [0, 0.05) is 18.5 Å². The van der Waals surface area contributed by atoms with Gasteiger partial charge in [0.15, 0.2) is 0 Å². The third-order valence-electron chi connectivity index (χ3n) is 3.74. The van der Waals surface area contributed by atoms with E-state index in [9.17, 15) is 9.59 Å². The normalized spacial score (nSPS) is 10.2. The van der Waals surface area contributed by atoms with Gasteiger partial charge in [-0.15, -0.1) is 0 Å². The first kappa shape index (κ1) is 18.8. The van der Waals surface area contributed by atoms with E-state index in [0.717, 1.165) is 11.1 Å². The number of anilines is 1. The van der Waals surface area contributed by atoms with E-state index in [1.54, 1.807) is 12.1 Å². The molecule has 0 fully saturated rings. The van der Waals surface area contributed by atoms with E-state index in [-0.39, 0.29) is 18.4 Å². The molecule has 0 aliphatic rings. The first-order valence-electron chi connectivity index (χ1n) is 7.85. The van der Waals surface area contributed by atoms with Crippen LogP contribution in [0.25, 0.3) is 0 Å². The van der Waals surface area contributed by atoms with Gasteiger partial charge in [0.25, 0.3) is 0 Å². The Hall–Kier alpha value is -2.53. The topological polar surface area (TPSA) is 58.6 Å². The highest BCUT2D eigenvalue weighted by molar-refractivity contribution is 6.31. The van der Waals surface area contributed by atoms with Gasteiger partial charge in [-0.2, -0.15) is 0 Å². The van der Waals surface area contributed by atoms with Gasteiger partial charge in [-0.1, -0.05) is 35.9 Å². The van der Waals surface area contributed by atoms with E-state index in [1.165, 1.54) is 18.9 Å². The molecule has 1 N–H and O–H groups in total. The summed E-state index contributed by atoms with van der Waals surface area (Å²) < 4.78 is 5.32. The number of nitrogens with one attached hydrogen (secondary N) is 1. The summed E-state index contributed by atoms with van der Waals surface area (Å²) in [7, 11) is 1.53. The van der Waals surface area contributed by atoms with E-state index in [1.807, 2.05) is 37.3 Å². The van der Waals surface area contributed by atoms with Crippen LogP contribution in [-0.2, 0) is 16.1 Å². The number of benzene rings is 2. The lowest BCUT2D eigenvalue weighted by atomic mass is 10.2. The van der Waals surface area contributed by atoms with Crippen molar-refractivity contribution in [3.05, 3.63) is 58.6 Å². The number of methoxy groups -OCH3 is 1. The summed E-state index contributed by atoms with van der Waals surface area (Å²) in [4.78, 5) is 25.8. The molecule has 0 radical (unpaired) electrons. The number of aryl methyl sites for hydroxylation is 1. The van der Waals surface area contributed by atoms with Crippen LogP contribution in [0, 0.1) is 6.92 Å². The zero-order valence-electron chi connectivity index (χ0n) is 14.5. The smallest absolute Gasteiger partial charge is 0.240 e. The van der Waals surface area contributed by atoms with E-state index < -0.39 is 0 Å². The standard InChI is InChI=1S/C19H21ClN2O3/c1-13-8-9-18(25-3)17(10-13)22(14(2)23)12-19(24)21-11-15-6-4-5-7-16(15)20/h4-10H,11-12H2,1-3H3,(H,21,24). The maximum absolute atomic E-state index is 12.3. The van der Waals surface area contributed by atoms with Gasteiger partial charge >= 0.3 is 0 Å². The minimum Gasteiger partial charge on any atom is -0.495 e. The summed E-state index contributed by atoms with van der Waals surface area (Å²) in [6, 6.07) is 12.8. The van der Waals surface area contributed by atoms with E-state index in [4.69, 9.17) is 16.3 Å². The SMILES string of the molecule is COc1ccc(C)cc1N(CC(=O)NCc1ccccc1Cl)C(C)=O. The fourth-order valence-electron chi connectivity index (χ4n) is 2.41. The van der Waals surface area contributed by atoms with Crippen LogP contribution in [0.15, 0.2) is 42.5 Å². The molecule has 0 bridgehead atoms. The molecule has 0 aliphatic heterocycles. The average molecular weight is 361 g/mol. The van der Waals surface area contributed by atoms with Crippen molar-refractivity contribution >= 4 is 29.1 Å². The van der Waals surface area contributed by atoms with Crippen LogP contribution < -0.4 is 15.0 Å². The van der Waals surface area contributed by atoms with Gasteiger partial charge in [-0.05, 0) is 36.2 Å². The summed E-state index contributed by atoms with van der Waals surface area (Å²) in [6.07, 6.45) is 0. The van der Waals surface area contributed by atoms with E-state index in [2.05, 4.69) is 5.32 Å². The summed E-state index contributed by atoms with van der Waals surface area (Å²) in [5, 5.41) is 3.38. The Morgan fingerprint density at radius 1 is 1.20 bits per heavy atom. The van der Waals surface area contributed by atoms with Crippen molar-refractivity contribution in [2.24, 2.45) is 0 Å². The van der Waals surface area contributed by atoms with Crippen LogP contribution >= 0.6 is 11.6 Å².